The molecule has 0 aromatic heterocycles. The molecule has 5 heteroatoms. The second-order valence-electron chi connectivity index (χ2n) is 5.83. The summed E-state index contributed by atoms with van der Waals surface area (Å²) in [4.78, 5) is 13.9. The molecule has 2 unspecified atom stereocenters. The normalized spacial score (nSPS) is 28.7. The van der Waals surface area contributed by atoms with Gasteiger partial charge < -0.3 is 20.1 Å². The van der Waals surface area contributed by atoms with Gasteiger partial charge in [0.2, 0.25) is 0 Å². The van der Waals surface area contributed by atoms with Crippen molar-refractivity contribution in [2.24, 2.45) is 0 Å². The van der Waals surface area contributed by atoms with E-state index in [9.17, 15) is 9.90 Å². The minimum atomic E-state index is -0.836. The molecule has 2 aliphatic heterocycles. The van der Waals surface area contributed by atoms with Crippen LogP contribution in [0.4, 0.5) is 4.79 Å². The van der Waals surface area contributed by atoms with Gasteiger partial charge in [0.15, 0.2) is 0 Å². The molecule has 0 radical (unpaired) electrons. The first-order chi connectivity index (χ1) is 8.48. The van der Waals surface area contributed by atoms with Gasteiger partial charge in [-0.25, -0.2) is 4.79 Å². The van der Waals surface area contributed by atoms with Crippen LogP contribution in [0.3, 0.4) is 0 Å². The van der Waals surface area contributed by atoms with Crippen molar-refractivity contribution in [1.29, 1.82) is 0 Å². The van der Waals surface area contributed by atoms with Crippen molar-refractivity contribution in [2.75, 3.05) is 19.7 Å². The summed E-state index contributed by atoms with van der Waals surface area (Å²) >= 11 is 0. The van der Waals surface area contributed by atoms with Crippen LogP contribution in [0.15, 0.2) is 0 Å². The van der Waals surface area contributed by atoms with Crippen LogP contribution in [0.5, 0.6) is 0 Å². The maximum atomic E-state index is 12.1. The third-order valence-corrected chi connectivity index (χ3v) is 3.83. The van der Waals surface area contributed by atoms with Gasteiger partial charge in [0, 0.05) is 19.7 Å². The molecular weight excluding hydrogens is 232 g/mol. The van der Waals surface area contributed by atoms with Crippen LogP contribution in [-0.2, 0) is 4.74 Å². The predicted molar refractivity (Wildman–Crippen MR) is 68.4 cm³/mol. The van der Waals surface area contributed by atoms with E-state index in [1.165, 1.54) is 0 Å². The van der Waals surface area contributed by atoms with E-state index in [0.29, 0.717) is 6.54 Å². The van der Waals surface area contributed by atoms with Crippen molar-refractivity contribution in [3.8, 4) is 0 Å². The van der Waals surface area contributed by atoms with E-state index in [-0.39, 0.29) is 18.2 Å². The Kier molecular flexibility index (Phi) is 4.12. The molecule has 0 spiro atoms. The third kappa shape index (κ3) is 3.14. The Labute approximate surface area is 108 Å². The molecule has 0 aliphatic carbocycles. The van der Waals surface area contributed by atoms with Gasteiger partial charge in [-0.05, 0) is 39.5 Å². The summed E-state index contributed by atoms with van der Waals surface area (Å²) in [7, 11) is 0. The van der Waals surface area contributed by atoms with Crippen molar-refractivity contribution in [3.05, 3.63) is 0 Å². The van der Waals surface area contributed by atoms with Crippen molar-refractivity contribution in [2.45, 2.75) is 57.3 Å². The molecule has 2 amide bonds. The first-order valence-corrected chi connectivity index (χ1v) is 6.87. The Morgan fingerprint density at radius 3 is 2.83 bits per heavy atom. The molecule has 18 heavy (non-hydrogen) atoms. The molecule has 104 valence electrons. The molecule has 0 saturated carbocycles. The van der Waals surface area contributed by atoms with Crippen molar-refractivity contribution in [3.63, 3.8) is 0 Å². The number of nitrogens with one attached hydrogen (secondary N) is 1. The summed E-state index contributed by atoms with van der Waals surface area (Å²) in [6.07, 6.45) is 4.10. The highest BCUT2D eigenvalue weighted by atomic mass is 16.5. The van der Waals surface area contributed by atoms with Crippen LogP contribution in [0, 0.1) is 0 Å². The number of ether oxygens (including phenoxy) is 1. The molecule has 2 heterocycles. The molecule has 2 N–H and O–H groups in total. The highest BCUT2D eigenvalue weighted by Crippen LogP contribution is 2.26. The number of carbonyl (C=O) groups is 1. The fraction of sp³-hybridized carbons (Fsp3) is 0.923. The molecule has 2 fully saturated rings. The van der Waals surface area contributed by atoms with E-state index >= 15 is 0 Å². The standard InChI is InChI=1S/C13H24N2O3/c1-13(2,17)11-6-3-7-15(11)12(16)14-9-10-5-4-8-18-10/h10-11,17H,3-9H2,1-2H3,(H,14,16). The zero-order valence-corrected chi connectivity index (χ0v) is 11.3. The fourth-order valence-electron chi connectivity index (χ4n) is 2.85. The van der Waals surface area contributed by atoms with E-state index < -0.39 is 5.60 Å². The summed E-state index contributed by atoms with van der Waals surface area (Å²) in [6, 6.07) is -0.155. The quantitative estimate of drug-likeness (QED) is 0.795. The Morgan fingerprint density at radius 1 is 1.44 bits per heavy atom. The lowest BCUT2D eigenvalue weighted by molar-refractivity contribution is 0.00929. The first-order valence-electron chi connectivity index (χ1n) is 6.87. The number of hydrogen-bond acceptors (Lipinski definition) is 3. The number of rotatable bonds is 3. The van der Waals surface area contributed by atoms with E-state index in [4.69, 9.17) is 4.74 Å². The maximum absolute atomic E-state index is 12.1. The topological polar surface area (TPSA) is 61.8 Å². The van der Waals surface area contributed by atoms with Crippen LogP contribution in [0.2, 0.25) is 0 Å². The van der Waals surface area contributed by atoms with Crippen molar-refractivity contribution < 1.29 is 14.6 Å². The molecule has 2 saturated heterocycles. The van der Waals surface area contributed by atoms with Gasteiger partial charge in [0.25, 0.3) is 0 Å². The Balaban J connectivity index is 1.83. The minimum Gasteiger partial charge on any atom is -0.388 e. The number of hydrogen-bond donors (Lipinski definition) is 2. The Morgan fingerprint density at radius 2 is 2.22 bits per heavy atom. The van der Waals surface area contributed by atoms with Crippen LogP contribution in [-0.4, -0.2) is 53.5 Å². The van der Waals surface area contributed by atoms with Crippen LogP contribution < -0.4 is 5.32 Å². The largest absolute Gasteiger partial charge is 0.388 e. The molecule has 0 aromatic rings. The van der Waals surface area contributed by atoms with Crippen molar-refractivity contribution in [1.82, 2.24) is 10.2 Å². The predicted octanol–water partition coefficient (Wildman–Crippen LogP) is 1.11. The summed E-state index contributed by atoms with van der Waals surface area (Å²) in [5, 5.41) is 13.0. The van der Waals surface area contributed by atoms with Gasteiger partial charge in [-0.15, -0.1) is 0 Å². The molecule has 0 aromatic carbocycles. The number of aliphatic hydroxyl groups is 1. The first kappa shape index (κ1) is 13.6. The summed E-state index contributed by atoms with van der Waals surface area (Å²) in [5.41, 5.74) is -0.836. The lowest BCUT2D eigenvalue weighted by atomic mass is 9.97. The van der Waals surface area contributed by atoms with E-state index in [0.717, 1.165) is 38.8 Å². The maximum Gasteiger partial charge on any atom is 0.317 e. The van der Waals surface area contributed by atoms with Gasteiger partial charge in [0.1, 0.15) is 0 Å². The van der Waals surface area contributed by atoms with Crippen molar-refractivity contribution >= 4 is 6.03 Å². The monoisotopic (exact) mass is 256 g/mol. The zero-order valence-electron chi connectivity index (χ0n) is 11.3. The third-order valence-electron chi connectivity index (χ3n) is 3.83. The number of carbonyl (C=O) groups excluding carboxylic acids is 1. The zero-order chi connectivity index (χ0) is 13.2. The molecule has 0 bridgehead atoms. The van der Waals surface area contributed by atoms with Gasteiger partial charge >= 0.3 is 6.03 Å². The summed E-state index contributed by atoms with van der Waals surface area (Å²) < 4.78 is 5.48. The minimum absolute atomic E-state index is 0.0740. The SMILES string of the molecule is CC(C)(O)C1CCCN1C(=O)NCC1CCCO1. The highest BCUT2D eigenvalue weighted by Gasteiger charge is 2.38. The van der Waals surface area contributed by atoms with Gasteiger partial charge in [0.05, 0.1) is 17.7 Å². The van der Waals surface area contributed by atoms with E-state index in [1.807, 2.05) is 0 Å². The second-order valence-corrected chi connectivity index (χ2v) is 5.83. The lowest BCUT2D eigenvalue weighted by Gasteiger charge is -2.34. The summed E-state index contributed by atoms with van der Waals surface area (Å²) in [5.74, 6) is 0. The molecule has 5 nitrogen and oxygen atoms in total. The number of nitrogens with zero attached hydrogens (tertiary/aromatic N) is 1. The smallest absolute Gasteiger partial charge is 0.317 e. The van der Waals surface area contributed by atoms with Gasteiger partial charge in [-0.3, -0.25) is 0 Å². The second kappa shape index (κ2) is 5.45. The summed E-state index contributed by atoms with van der Waals surface area (Å²) in [6.45, 7) is 5.64. The lowest BCUT2D eigenvalue weighted by Crippen LogP contribution is -2.52. The highest BCUT2D eigenvalue weighted by molar-refractivity contribution is 5.75. The van der Waals surface area contributed by atoms with Crippen LogP contribution in [0.25, 0.3) is 0 Å². The molecule has 2 aliphatic rings. The average Bonchev–Trinajstić information content (AvgIpc) is 2.95. The number of amides is 2. The molecule has 2 atom stereocenters. The fourth-order valence-corrected chi connectivity index (χ4v) is 2.85. The molecular formula is C13H24N2O3. The van der Waals surface area contributed by atoms with E-state index in [1.54, 1.807) is 18.7 Å². The van der Waals surface area contributed by atoms with Crippen LogP contribution in [0.1, 0.15) is 39.5 Å². The average molecular weight is 256 g/mol. The number of urea groups is 1. The Bertz CT molecular complexity index is 295. The molecule has 2 rings (SSSR count). The van der Waals surface area contributed by atoms with Gasteiger partial charge in [-0.2, -0.15) is 0 Å². The number of likely N-dealkylation sites (tertiary alicyclic amines) is 1. The van der Waals surface area contributed by atoms with Gasteiger partial charge in [-0.1, -0.05) is 0 Å². The Hall–Kier alpha value is -0.810. The van der Waals surface area contributed by atoms with Crippen LogP contribution >= 0.6 is 0 Å². The van der Waals surface area contributed by atoms with E-state index in [2.05, 4.69) is 5.32 Å².